The minimum Gasteiger partial charge on any atom is -0.280 e. The molecule has 0 aliphatic carbocycles. The second kappa shape index (κ2) is 7.58. The van der Waals surface area contributed by atoms with Crippen molar-refractivity contribution >= 4 is 25.5 Å². The Kier molecular flexibility index (Phi) is 5.90. The number of sulfone groups is 1. The number of rotatable bonds is 7. The van der Waals surface area contributed by atoms with Crippen molar-refractivity contribution in [3.8, 4) is 0 Å². The van der Waals surface area contributed by atoms with Crippen LogP contribution in [-0.4, -0.2) is 22.6 Å². The van der Waals surface area contributed by atoms with Gasteiger partial charge in [-0.3, -0.25) is 4.72 Å². The van der Waals surface area contributed by atoms with E-state index in [1.807, 2.05) is 12.1 Å². The Hall–Kier alpha value is -1.86. The lowest BCUT2D eigenvalue weighted by molar-refractivity contribution is 0.597. The van der Waals surface area contributed by atoms with Gasteiger partial charge in [0.05, 0.1) is 15.5 Å². The average molecular weight is 382 g/mol. The Balaban J connectivity index is 2.18. The second-order valence-corrected chi connectivity index (χ2v) is 10.2. The van der Waals surface area contributed by atoms with Crippen LogP contribution in [-0.2, 0) is 26.3 Å². The average Bonchev–Trinajstić information content (AvgIpc) is 2.55. The van der Waals surface area contributed by atoms with E-state index in [-0.39, 0.29) is 15.5 Å². The van der Waals surface area contributed by atoms with Crippen molar-refractivity contribution in [3.63, 3.8) is 0 Å². The molecule has 1 N–H and O–H groups in total. The summed E-state index contributed by atoms with van der Waals surface area (Å²) < 4.78 is 50.9. The molecule has 0 unspecified atom stereocenters. The van der Waals surface area contributed by atoms with Gasteiger partial charge < -0.3 is 0 Å². The lowest BCUT2D eigenvalue weighted by Crippen LogP contribution is -2.13. The third-order valence-electron chi connectivity index (χ3n) is 3.72. The molecule has 0 saturated carbocycles. The van der Waals surface area contributed by atoms with E-state index in [9.17, 15) is 16.8 Å². The minimum absolute atomic E-state index is 0.000793. The summed E-state index contributed by atoms with van der Waals surface area (Å²) in [5, 5.41) is 0. The minimum atomic E-state index is -3.71. The fraction of sp³-hybridized carbons (Fsp3) is 0.333. The smallest absolute Gasteiger partial charge is 0.261 e. The summed E-state index contributed by atoms with van der Waals surface area (Å²) in [6, 6.07) is 12.5. The maximum atomic E-state index is 12.4. The van der Waals surface area contributed by atoms with E-state index in [1.165, 1.54) is 24.3 Å². The van der Waals surface area contributed by atoms with E-state index in [2.05, 4.69) is 18.6 Å². The molecular formula is C18H23NO4S2. The first-order valence-corrected chi connectivity index (χ1v) is 11.2. The van der Waals surface area contributed by atoms with Gasteiger partial charge in [-0.25, -0.2) is 16.8 Å². The van der Waals surface area contributed by atoms with Gasteiger partial charge in [-0.05, 0) is 54.3 Å². The van der Waals surface area contributed by atoms with Gasteiger partial charge in [0.1, 0.15) is 0 Å². The van der Waals surface area contributed by atoms with E-state index < -0.39 is 19.9 Å². The molecule has 7 heteroatoms. The Labute approximate surface area is 150 Å². The van der Waals surface area contributed by atoms with E-state index in [4.69, 9.17) is 0 Å². The predicted molar refractivity (Wildman–Crippen MR) is 100.0 cm³/mol. The van der Waals surface area contributed by atoms with Gasteiger partial charge in [0, 0.05) is 5.69 Å². The fourth-order valence-corrected chi connectivity index (χ4v) is 4.33. The molecule has 0 fully saturated rings. The third-order valence-corrected chi connectivity index (χ3v) is 6.87. The highest BCUT2D eigenvalue weighted by molar-refractivity contribution is 7.92. The molecule has 2 aromatic carbocycles. The molecule has 0 bridgehead atoms. The highest BCUT2D eigenvalue weighted by Crippen LogP contribution is 2.20. The van der Waals surface area contributed by atoms with Crippen LogP contribution < -0.4 is 4.72 Å². The first-order valence-electron chi connectivity index (χ1n) is 8.08. The van der Waals surface area contributed by atoms with Crippen molar-refractivity contribution in [2.75, 3.05) is 10.5 Å². The van der Waals surface area contributed by atoms with Crippen LogP contribution in [0.1, 0.15) is 26.3 Å². The molecular weight excluding hydrogens is 358 g/mol. The standard InChI is InChI=1S/C18H23NO4S2/c1-4-24(20,21)17-11-7-16(8-12-17)19-25(22,23)18-9-5-15(6-10-18)13-14(2)3/h5-12,14,19H,4,13H2,1-3H3. The molecule has 0 amide bonds. The molecule has 2 rings (SSSR count). The lowest BCUT2D eigenvalue weighted by atomic mass is 10.0. The summed E-state index contributed by atoms with van der Waals surface area (Å²) in [5.41, 5.74) is 1.41. The predicted octanol–water partition coefficient (Wildman–Crippen LogP) is 3.48. The summed E-state index contributed by atoms with van der Waals surface area (Å²) in [5.74, 6) is 0.499. The Morgan fingerprint density at radius 1 is 0.840 bits per heavy atom. The zero-order chi connectivity index (χ0) is 18.7. The van der Waals surface area contributed by atoms with Crippen LogP contribution in [0.5, 0.6) is 0 Å². The van der Waals surface area contributed by atoms with Crippen LogP contribution >= 0.6 is 0 Å². The molecule has 2 aromatic rings. The summed E-state index contributed by atoms with van der Waals surface area (Å²) in [4.78, 5) is 0.348. The highest BCUT2D eigenvalue weighted by Gasteiger charge is 2.16. The number of sulfonamides is 1. The lowest BCUT2D eigenvalue weighted by Gasteiger charge is -2.10. The van der Waals surface area contributed by atoms with Gasteiger partial charge in [-0.2, -0.15) is 0 Å². The number of anilines is 1. The monoisotopic (exact) mass is 381 g/mol. The molecule has 0 heterocycles. The normalized spacial score (nSPS) is 12.3. The molecule has 5 nitrogen and oxygen atoms in total. The zero-order valence-electron chi connectivity index (χ0n) is 14.6. The van der Waals surface area contributed by atoms with Crippen molar-refractivity contribution in [1.29, 1.82) is 0 Å². The van der Waals surface area contributed by atoms with Crippen LogP contribution in [0.4, 0.5) is 5.69 Å². The maximum absolute atomic E-state index is 12.4. The molecule has 0 saturated heterocycles. The third kappa shape index (κ3) is 5.06. The summed E-state index contributed by atoms with van der Waals surface area (Å²) >= 11 is 0. The second-order valence-electron chi connectivity index (χ2n) is 6.28. The van der Waals surface area contributed by atoms with E-state index >= 15 is 0 Å². The number of hydrogen-bond donors (Lipinski definition) is 1. The molecule has 136 valence electrons. The van der Waals surface area contributed by atoms with Crippen LogP contribution in [0.2, 0.25) is 0 Å². The van der Waals surface area contributed by atoms with Gasteiger partial charge in [0.15, 0.2) is 9.84 Å². The topological polar surface area (TPSA) is 80.3 Å². The molecule has 0 aliphatic rings. The van der Waals surface area contributed by atoms with Crippen LogP contribution in [0.25, 0.3) is 0 Å². The molecule has 0 aromatic heterocycles. The van der Waals surface area contributed by atoms with Crippen molar-refractivity contribution in [1.82, 2.24) is 0 Å². The van der Waals surface area contributed by atoms with E-state index in [0.29, 0.717) is 11.6 Å². The van der Waals surface area contributed by atoms with Crippen molar-refractivity contribution in [3.05, 3.63) is 54.1 Å². The Morgan fingerprint density at radius 2 is 1.36 bits per heavy atom. The fourth-order valence-electron chi connectivity index (χ4n) is 2.39. The van der Waals surface area contributed by atoms with Crippen molar-refractivity contribution in [2.24, 2.45) is 5.92 Å². The van der Waals surface area contributed by atoms with Crippen molar-refractivity contribution in [2.45, 2.75) is 37.0 Å². The van der Waals surface area contributed by atoms with E-state index in [0.717, 1.165) is 12.0 Å². The first kappa shape index (κ1) is 19.5. The molecule has 0 radical (unpaired) electrons. The molecule has 0 atom stereocenters. The van der Waals surface area contributed by atoms with Gasteiger partial charge in [0.2, 0.25) is 0 Å². The molecule has 25 heavy (non-hydrogen) atoms. The molecule has 0 aliphatic heterocycles. The van der Waals surface area contributed by atoms with Gasteiger partial charge >= 0.3 is 0 Å². The number of benzene rings is 2. The SMILES string of the molecule is CCS(=O)(=O)c1ccc(NS(=O)(=O)c2ccc(CC(C)C)cc2)cc1. The van der Waals surface area contributed by atoms with E-state index in [1.54, 1.807) is 19.1 Å². The summed E-state index contributed by atoms with van der Waals surface area (Å²) in [6.45, 7) is 5.78. The maximum Gasteiger partial charge on any atom is 0.261 e. The van der Waals surface area contributed by atoms with Gasteiger partial charge in [-0.15, -0.1) is 0 Å². The summed E-state index contributed by atoms with van der Waals surface area (Å²) in [6.07, 6.45) is 0.890. The Morgan fingerprint density at radius 3 is 1.84 bits per heavy atom. The largest absolute Gasteiger partial charge is 0.280 e. The summed E-state index contributed by atoms with van der Waals surface area (Å²) in [7, 11) is -7.01. The highest BCUT2D eigenvalue weighted by atomic mass is 32.2. The van der Waals surface area contributed by atoms with Gasteiger partial charge in [-0.1, -0.05) is 32.9 Å². The van der Waals surface area contributed by atoms with Gasteiger partial charge in [0.25, 0.3) is 10.0 Å². The van der Waals surface area contributed by atoms with Crippen LogP contribution in [0.3, 0.4) is 0 Å². The molecule has 0 spiro atoms. The first-order chi connectivity index (χ1) is 11.6. The number of nitrogens with one attached hydrogen (secondary N) is 1. The Bertz CT molecular complexity index is 914. The van der Waals surface area contributed by atoms with Crippen LogP contribution in [0.15, 0.2) is 58.3 Å². The zero-order valence-corrected chi connectivity index (χ0v) is 16.2. The van der Waals surface area contributed by atoms with Crippen molar-refractivity contribution < 1.29 is 16.8 Å². The number of hydrogen-bond acceptors (Lipinski definition) is 4. The van der Waals surface area contributed by atoms with Crippen LogP contribution in [0, 0.1) is 5.92 Å². The quantitative estimate of drug-likeness (QED) is 0.796.